The van der Waals surface area contributed by atoms with E-state index in [9.17, 15) is 13.2 Å². The zero-order valence-corrected chi connectivity index (χ0v) is 16.7. The molecule has 1 amide bonds. The Morgan fingerprint density at radius 1 is 1.04 bits per heavy atom. The van der Waals surface area contributed by atoms with Gasteiger partial charge in [-0.1, -0.05) is 49.6 Å². The molecular formula is C21H27N3O3S. The highest BCUT2D eigenvalue weighted by atomic mass is 32.2. The molecule has 0 spiro atoms. The molecule has 6 nitrogen and oxygen atoms in total. The lowest BCUT2D eigenvalue weighted by atomic mass is 9.87. The summed E-state index contributed by atoms with van der Waals surface area (Å²) in [5.41, 5.74) is 1.28. The van der Waals surface area contributed by atoms with Crippen LogP contribution in [0.15, 0.2) is 53.7 Å². The standard InChI is InChI=1S/C21H27N3O3S/c25-20(16-18-10-5-2-6-11-18)24-19-12-7-14-22-21(19)28(26,27)23-15-13-17-8-3-1-4-9-17/h1,3-4,7-9,12,14,18,23H,2,5-6,10-11,13,15-16H2,(H,24,25). The summed E-state index contributed by atoms with van der Waals surface area (Å²) in [4.78, 5) is 16.4. The quantitative estimate of drug-likeness (QED) is 0.708. The highest BCUT2D eigenvalue weighted by molar-refractivity contribution is 7.89. The van der Waals surface area contributed by atoms with Gasteiger partial charge in [0.25, 0.3) is 10.0 Å². The maximum atomic E-state index is 12.7. The molecule has 1 heterocycles. The SMILES string of the molecule is O=C(CC1CCCCC1)Nc1cccnc1S(=O)(=O)NCCc1ccccc1. The molecule has 1 saturated carbocycles. The van der Waals surface area contributed by atoms with Crippen LogP contribution in [0.2, 0.25) is 0 Å². The number of hydrogen-bond acceptors (Lipinski definition) is 4. The number of nitrogens with zero attached hydrogens (tertiary/aromatic N) is 1. The largest absolute Gasteiger partial charge is 0.324 e. The molecule has 0 aliphatic heterocycles. The van der Waals surface area contributed by atoms with Gasteiger partial charge in [0.05, 0.1) is 5.69 Å². The molecule has 2 N–H and O–H groups in total. The van der Waals surface area contributed by atoms with E-state index >= 15 is 0 Å². The third-order valence-corrected chi connectivity index (χ3v) is 6.47. The van der Waals surface area contributed by atoms with Gasteiger partial charge in [-0.15, -0.1) is 0 Å². The van der Waals surface area contributed by atoms with Crippen molar-refractivity contribution in [2.24, 2.45) is 5.92 Å². The van der Waals surface area contributed by atoms with Crippen molar-refractivity contribution in [3.8, 4) is 0 Å². The van der Waals surface area contributed by atoms with Crippen molar-refractivity contribution in [1.82, 2.24) is 9.71 Å². The number of carbonyl (C=O) groups is 1. The maximum absolute atomic E-state index is 12.7. The molecule has 0 atom stereocenters. The number of pyridine rings is 1. The van der Waals surface area contributed by atoms with E-state index in [1.54, 1.807) is 12.1 Å². The molecule has 0 saturated heterocycles. The number of sulfonamides is 1. The Morgan fingerprint density at radius 2 is 1.79 bits per heavy atom. The Morgan fingerprint density at radius 3 is 2.54 bits per heavy atom. The summed E-state index contributed by atoms with van der Waals surface area (Å²) in [5, 5.41) is 2.61. The molecule has 1 aliphatic carbocycles. The van der Waals surface area contributed by atoms with Gasteiger partial charge in [-0.2, -0.15) is 0 Å². The fraction of sp³-hybridized carbons (Fsp3) is 0.429. The first-order valence-electron chi connectivity index (χ1n) is 9.83. The molecule has 3 rings (SSSR count). The number of nitrogens with one attached hydrogen (secondary N) is 2. The van der Waals surface area contributed by atoms with E-state index in [1.165, 1.54) is 12.6 Å². The van der Waals surface area contributed by atoms with Gasteiger partial charge in [0.2, 0.25) is 5.91 Å². The number of rotatable bonds is 8. The summed E-state index contributed by atoms with van der Waals surface area (Å²) in [6, 6.07) is 12.9. The highest BCUT2D eigenvalue weighted by Gasteiger charge is 2.22. The molecule has 0 bridgehead atoms. The van der Waals surface area contributed by atoms with Crippen molar-refractivity contribution in [2.75, 3.05) is 11.9 Å². The summed E-state index contributed by atoms with van der Waals surface area (Å²) >= 11 is 0. The Bertz CT molecular complexity index is 879. The normalized spacial score (nSPS) is 15.3. The Kier molecular flexibility index (Phi) is 7.17. The average Bonchev–Trinajstić information content (AvgIpc) is 2.70. The zero-order chi connectivity index (χ0) is 19.8. The van der Waals surface area contributed by atoms with Crippen molar-refractivity contribution in [3.63, 3.8) is 0 Å². The number of aromatic nitrogens is 1. The molecule has 1 fully saturated rings. The topological polar surface area (TPSA) is 88.2 Å². The second kappa shape index (κ2) is 9.80. The molecule has 0 unspecified atom stereocenters. The van der Waals surface area contributed by atoms with Gasteiger partial charge >= 0.3 is 0 Å². The molecule has 1 aromatic carbocycles. The molecular weight excluding hydrogens is 374 g/mol. The minimum absolute atomic E-state index is 0.139. The van der Waals surface area contributed by atoms with Gasteiger partial charge in [-0.25, -0.2) is 18.1 Å². The molecule has 1 aromatic heterocycles. The lowest BCUT2D eigenvalue weighted by Gasteiger charge is -2.21. The van der Waals surface area contributed by atoms with E-state index in [2.05, 4.69) is 15.0 Å². The molecule has 7 heteroatoms. The molecule has 1 aliphatic rings. The Labute approximate surface area is 166 Å². The van der Waals surface area contributed by atoms with Crippen LogP contribution in [0.1, 0.15) is 44.1 Å². The smallest absolute Gasteiger partial charge is 0.260 e. The first-order chi connectivity index (χ1) is 13.5. The van der Waals surface area contributed by atoms with Crippen LogP contribution in [0.5, 0.6) is 0 Å². The van der Waals surface area contributed by atoms with Crippen LogP contribution in [0.25, 0.3) is 0 Å². The van der Waals surface area contributed by atoms with Crippen LogP contribution in [0.3, 0.4) is 0 Å². The van der Waals surface area contributed by atoms with Crippen molar-refractivity contribution in [2.45, 2.75) is 50.0 Å². The number of carbonyl (C=O) groups excluding carboxylic acids is 1. The van der Waals surface area contributed by atoms with Crippen LogP contribution < -0.4 is 10.0 Å². The summed E-state index contributed by atoms with van der Waals surface area (Å²) < 4.78 is 28.0. The van der Waals surface area contributed by atoms with Gasteiger partial charge in [0.1, 0.15) is 0 Å². The van der Waals surface area contributed by atoms with Crippen LogP contribution in [0, 0.1) is 5.92 Å². The fourth-order valence-electron chi connectivity index (χ4n) is 3.60. The average molecular weight is 402 g/mol. The van der Waals surface area contributed by atoms with Gasteiger partial charge in [0.15, 0.2) is 5.03 Å². The summed E-state index contributed by atoms with van der Waals surface area (Å²) in [5.74, 6) is 0.232. The summed E-state index contributed by atoms with van der Waals surface area (Å²) in [6.07, 6.45) is 8.11. The van der Waals surface area contributed by atoms with E-state index in [1.807, 2.05) is 30.3 Å². The van der Waals surface area contributed by atoms with Gasteiger partial charge in [-0.05, 0) is 42.9 Å². The molecule has 0 radical (unpaired) electrons. The van der Waals surface area contributed by atoms with Gasteiger partial charge in [-0.3, -0.25) is 4.79 Å². The van der Waals surface area contributed by atoms with Crippen molar-refractivity contribution >= 4 is 21.6 Å². The third-order valence-electron chi connectivity index (χ3n) is 5.05. The van der Waals surface area contributed by atoms with Crippen LogP contribution >= 0.6 is 0 Å². The minimum atomic E-state index is -3.82. The van der Waals surface area contributed by atoms with Crippen molar-refractivity contribution < 1.29 is 13.2 Å². The second-order valence-electron chi connectivity index (χ2n) is 7.25. The summed E-state index contributed by atoms with van der Waals surface area (Å²) in [7, 11) is -3.82. The first-order valence-corrected chi connectivity index (χ1v) is 11.3. The van der Waals surface area contributed by atoms with E-state index in [-0.39, 0.29) is 23.2 Å². The maximum Gasteiger partial charge on any atom is 0.260 e. The minimum Gasteiger partial charge on any atom is -0.324 e. The highest BCUT2D eigenvalue weighted by Crippen LogP contribution is 2.27. The lowest BCUT2D eigenvalue weighted by molar-refractivity contribution is -0.117. The van der Waals surface area contributed by atoms with E-state index in [0.717, 1.165) is 31.2 Å². The zero-order valence-electron chi connectivity index (χ0n) is 15.9. The van der Waals surface area contributed by atoms with E-state index in [0.29, 0.717) is 18.8 Å². The fourth-order valence-corrected chi connectivity index (χ4v) is 4.71. The third kappa shape index (κ3) is 5.87. The Hall–Kier alpha value is -2.25. The molecule has 28 heavy (non-hydrogen) atoms. The van der Waals surface area contributed by atoms with Crippen LogP contribution in [0.4, 0.5) is 5.69 Å². The first kappa shape index (κ1) is 20.5. The molecule has 150 valence electrons. The number of hydrogen-bond donors (Lipinski definition) is 2. The predicted octanol–water partition coefficient (Wildman–Crippen LogP) is 3.51. The van der Waals surface area contributed by atoms with Crippen LogP contribution in [-0.4, -0.2) is 25.9 Å². The van der Waals surface area contributed by atoms with Crippen molar-refractivity contribution in [3.05, 3.63) is 54.2 Å². The van der Waals surface area contributed by atoms with Crippen LogP contribution in [-0.2, 0) is 21.2 Å². The number of amides is 1. The lowest BCUT2D eigenvalue weighted by Crippen LogP contribution is -2.28. The summed E-state index contributed by atoms with van der Waals surface area (Å²) in [6.45, 7) is 0.262. The van der Waals surface area contributed by atoms with E-state index < -0.39 is 10.0 Å². The van der Waals surface area contributed by atoms with Gasteiger partial charge in [0, 0.05) is 19.2 Å². The molecule has 2 aromatic rings. The van der Waals surface area contributed by atoms with E-state index in [4.69, 9.17) is 0 Å². The number of benzene rings is 1. The van der Waals surface area contributed by atoms with Crippen molar-refractivity contribution in [1.29, 1.82) is 0 Å². The van der Waals surface area contributed by atoms with Gasteiger partial charge < -0.3 is 5.32 Å². The number of anilines is 1. The monoisotopic (exact) mass is 401 g/mol. The Balaban J connectivity index is 1.62. The predicted molar refractivity (Wildman–Crippen MR) is 109 cm³/mol. The second-order valence-corrected chi connectivity index (χ2v) is 8.93.